The van der Waals surface area contributed by atoms with Crippen molar-refractivity contribution in [3.63, 3.8) is 0 Å². The van der Waals surface area contributed by atoms with Gasteiger partial charge in [0, 0.05) is 25.1 Å². The highest BCUT2D eigenvalue weighted by molar-refractivity contribution is 5.66. The summed E-state index contributed by atoms with van der Waals surface area (Å²) in [6.07, 6.45) is 6.42. The lowest BCUT2D eigenvalue weighted by Gasteiger charge is -1.99. The Morgan fingerprint density at radius 3 is 3.00 bits per heavy atom. The van der Waals surface area contributed by atoms with Gasteiger partial charge in [-0.05, 0) is 31.7 Å². The normalized spacial score (nSPS) is 15.5. The van der Waals surface area contributed by atoms with E-state index >= 15 is 0 Å². The standard InChI is InChI=1S/C11H16N2O2/c14-11(15)3-1-2-7-13-8-6-10(12-13)9-4-5-9/h6,8-9H,1-5,7H2,(H,14,15). The van der Waals surface area contributed by atoms with Gasteiger partial charge in [0.2, 0.25) is 0 Å². The van der Waals surface area contributed by atoms with Crippen LogP contribution in [0.1, 0.15) is 43.7 Å². The van der Waals surface area contributed by atoms with Crippen molar-refractivity contribution < 1.29 is 9.90 Å². The Labute approximate surface area is 88.9 Å². The molecular formula is C11H16N2O2. The molecular weight excluding hydrogens is 192 g/mol. The highest BCUT2D eigenvalue weighted by Gasteiger charge is 2.25. The third-order valence-electron chi connectivity index (χ3n) is 2.68. The number of aliphatic carboxylic acids is 1. The van der Waals surface area contributed by atoms with Crippen molar-refractivity contribution >= 4 is 5.97 Å². The van der Waals surface area contributed by atoms with Crippen LogP contribution in [0.25, 0.3) is 0 Å². The summed E-state index contributed by atoms with van der Waals surface area (Å²) in [6, 6.07) is 2.08. The second kappa shape index (κ2) is 4.47. The molecule has 0 spiro atoms. The van der Waals surface area contributed by atoms with Gasteiger partial charge in [0.05, 0.1) is 5.69 Å². The summed E-state index contributed by atoms with van der Waals surface area (Å²) in [5.41, 5.74) is 1.20. The summed E-state index contributed by atoms with van der Waals surface area (Å²) in [4.78, 5) is 10.3. The maximum atomic E-state index is 10.3. The summed E-state index contributed by atoms with van der Waals surface area (Å²) in [7, 11) is 0. The quantitative estimate of drug-likeness (QED) is 0.727. The number of unbranched alkanes of at least 4 members (excludes halogenated alkanes) is 1. The van der Waals surface area contributed by atoms with Gasteiger partial charge in [-0.2, -0.15) is 5.10 Å². The van der Waals surface area contributed by atoms with Crippen LogP contribution in [0.3, 0.4) is 0 Å². The van der Waals surface area contributed by atoms with Gasteiger partial charge in [-0.3, -0.25) is 9.48 Å². The zero-order chi connectivity index (χ0) is 10.7. The first-order valence-corrected chi connectivity index (χ1v) is 5.51. The van der Waals surface area contributed by atoms with Gasteiger partial charge in [-0.15, -0.1) is 0 Å². The summed E-state index contributed by atoms with van der Waals surface area (Å²) in [5.74, 6) is -0.0144. The fraction of sp³-hybridized carbons (Fsp3) is 0.636. The molecule has 0 aromatic carbocycles. The van der Waals surface area contributed by atoms with Crippen molar-refractivity contribution in [1.29, 1.82) is 0 Å². The molecule has 82 valence electrons. The average molecular weight is 208 g/mol. The molecule has 15 heavy (non-hydrogen) atoms. The van der Waals surface area contributed by atoms with Crippen molar-refractivity contribution in [3.8, 4) is 0 Å². The van der Waals surface area contributed by atoms with E-state index in [-0.39, 0.29) is 6.42 Å². The first-order valence-electron chi connectivity index (χ1n) is 5.51. The van der Waals surface area contributed by atoms with Crippen molar-refractivity contribution in [3.05, 3.63) is 18.0 Å². The fourth-order valence-electron chi connectivity index (χ4n) is 1.65. The van der Waals surface area contributed by atoms with Gasteiger partial charge >= 0.3 is 5.97 Å². The topological polar surface area (TPSA) is 55.1 Å². The number of aromatic nitrogens is 2. The van der Waals surface area contributed by atoms with Crippen LogP contribution in [0.2, 0.25) is 0 Å². The monoisotopic (exact) mass is 208 g/mol. The summed E-state index contributed by atoms with van der Waals surface area (Å²) in [5, 5.41) is 12.9. The van der Waals surface area contributed by atoms with E-state index in [0.29, 0.717) is 5.92 Å². The average Bonchev–Trinajstić information content (AvgIpc) is 2.94. The Hall–Kier alpha value is -1.32. The first-order chi connectivity index (χ1) is 7.25. The minimum atomic E-state index is -0.714. The summed E-state index contributed by atoms with van der Waals surface area (Å²) in [6.45, 7) is 0.833. The third kappa shape index (κ3) is 3.08. The lowest BCUT2D eigenvalue weighted by atomic mass is 10.2. The van der Waals surface area contributed by atoms with Crippen LogP contribution < -0.4 is 0 Å². The van der Waals surface area contributed by atoms with Crippen molar-refractivity contribution in [1.82, 2.24) is 9.78 Å². The van der Waals surface area contributed by atoms with Crippen LogP contribution in [0.15, 0.2) is 12.3 Å². The summed E-state index contributed by atoms with van der Waals surface area (Å²) >= 11 is 0. The Morgan fingerprint density at radius 1 is 1.53 bits per heavy atom. The Balaban J connectivity index is 1.71. The van der Waals surface area contributed by atoms with Gasteiger partial charge < -0.3 is 5.11 Å². The van der Waals surface area contributed by atoms with Crippen LogP contribution in [0, 0.1) is 0 Å². The molecule has 0 radical (unpaired) electrons. The van der Waals surface area contributed by atoms with Crippen LogP contribution >= 0.6 is 0 Å². The van der Waals surface area contributed by atoms with E-state index in [2.05, 4.69) is 11.2 Å². The van der Waals surface area contributed by atoms with Crippen LogP contribution in [-0.2, 0) is 11.3 Å². The lowest BCUT2D eigenvalue weighted by molar-refractivity contribution is -0.137. The van der Waals surface area contributed by atoms with E-state index in [1.54, 1.807) is 0 Å². The zero-order valence-electron chi connectivity index (χ0n) is 8.72. The first kappa shape index (κ1) is 10.2. The molecule has 1 fully saturated rings. The van der Waals surface area contributed by atoms with Crippen molar-refractivity contribution in [2.24, 2.45) is 0 Å². The molecule has 0 unspecified atom stereocenters. The number of rotatable bonds is 6. The molecule has 1 heterocycles. The third-order valence-corrected chi connectivity index (χ3v) is 2.68. The number of carboxylic acids is 1. The minimum absolute atomic E-state index is 0.261. The number of nitrogens with zero attached hydrogens (tertiary/aromatic N) is 2. The molecule has 0 atom stereocenters. The van der Waals surface area contributed by atoms with E-state index in [9.17, 15) is 4.79 Å². The Bertz CT molecular complexity index is 342. The molecule has 1 N–H and O–H groups in total. The van der Waals surface area contributed by atoms with Gasteiger partial charge in [0.25, 0.3) is 0 Å². The highest BCUT2D eigenvalue weighted by Crippen LogP contribution is 2.38. The van der Waals surface area contributed by atoms with E-state index in [0.717, 1.165) is 19.4 Å². The van der Waals surface area contributed by atoms with Gasteiger partial charge in [0.15, 0.2) is 0 Å². The molecule has 1 aromatic heterocycles. The van der Waals surface area contributed by atoms with Crippen molar-refractivity contribution in [2.75, 3.05) is 0 Å². The zero-order valence-corrected chi connectivity index (χ0v) is 8.72. The molecule has 0 aliphatic heterocycles. The molecule has 1 aliphatic carbocycles. The number of carboxylic acid groups (broad SMARTS) is 1. The molecule has 0 saturated heterocycles. The molecule has 1 aliphatic rings. The number of carbonyl (C=O) groups is 1. The van der Waals surface area contributed by atoms with Crippen LogP contribution in [0.5, 0.6) is 0 Å². The molecule has 4 heteroatoms. The Kier molecular flexibility index (Phi) is 3.04. The predicted molar refractivity (Wildman–Crippen MR) is 55.7 cm³/mol. The molecule has 2 rings (SSSR count). The van der Waals surface area contributed by atoms with E-state index in [4.69, 9.17) is 5.11 Å². The SMILES string of the molecule is O=C(O)CCCCn1ccc(C2CC2)n1. The second-order valence-corrected chi connectivity index (χ2v) is 4.13. The number of hydrogen-bond acceptors (Lipinski definition) is 2. The van der Waals surface area contributed by atoms with E-state index in [1.807, 2.05) is 10.9 Å². The fourth-order valence-corrected chi connectivity index (χ4v) is 1.65. The molecule has 1 saturated carbocycles. The minimum Gasteiger partial charge on any atom is -0.481 e. The molecule has 4 nitrogen and oxygen atoms in total. The predicted octanol–water partition coefficient (Wildman–Crippen LogP) is 2.02. The second-order valence-electron chi connectivity index (χ2n) is 4.13. The van der Waals surface area contributed by atoms with E-state index < -0.39 is 5.97 Å². The maximum absolute atomic E-state index is 10.3. The molecule has 0 bridgehead atoms. The van der Waals surface area contributed by atoms with Gasteiger partial charge in [-0.1, -0.05) is 0 Å². The largest absolute Gasteiger partial charge is 0.481 e. The smallest absolute Gasteiger partial charge is 0.303 e. The summed E-state index contributed by atoms with van der Waals surface area (Å²) < 4.78 is 1.93. The van der Waals surface area contributed by atoms with Crippen LogP contribution in [0.4, 0.5) is 0 Å². The van der Waals surface area contributed by atoms with Gasteiger partial charge in [-0.25, -0.2) is 0 Å². The van der Waals surface area contributed by atoms with Crippen molar-refractivity contribution in [2.45, 2.75) is 44.6 Å². The van der Waals surface area contributed by atoms with E-state index in [1.165, 1.54) is 18.5 Å². The molecule has 1 aromatic rings. The lowest BCUT2D eigenvalue weighted by Crippen LogP contribution is -2.01. The highest BCUT2D eigenvalue weighted by atomic mass is 16.4. The number of aryl methyl sites for hydroxylation is 1. The molecule has 0 amide bonds. The Morgan fingerprint density at radius 2 is 2.33 bits per heavy atom. The number of hydrogen-bond donors (Lipinski definition) is 1. The van der Waals surface area contributed by atoms with Crippen LogP contribution in [-0.4, -0.2) is 20.9 Å². The maximum Gasteiger partial charge on any atom is 0.303 e. The van der Waals surface area contributed by atoms with Gasteiger partial charge in [0.1, 0.15) is 0 Å².